The van der Waals surface area contributed by atoms with E-state index in [9.17, 15) is 29.2 Å². The number of imide groups is 2. The van der Waals surface area contributed by atoms with Crippen LogP contribution in [0.2, 0.25) is 5.02 Å². The van der Waals surface area contributed by atoms with Crippen LogP contribution in [0.25, 0.3) is 0 Å². The summed E-state index contributed by atoms with van der Waals surface area (Å²) in [4.78, 5) is 66.8. The lowest BCUT2D eigenvalue weighted by Gasteiger charge is -2.63. The molecule has 4 aliphatic rings. The van der Waals surface area contributed by atoms with Gasteiger partial charge in [0, 0.05) is 41.5 Å². The first-order valence-corrected chi connectivity index (χ1v) is 19.5. The van der Waals surface area contributed by atoms with Gasteiger partial charge in [0.25, 0.3) is 17.7 Å². The SMILES string of the molecule is CC1(C)[C@H](NC(=O)c2ccc(C3CCN(CCCOc4ccc5c(c4)C(=O)N(C4CCC(=O)NC4=O)C5=O)CC3)cc2)C(C)(C)[C@H]1Oc1ccc(C#N)c(Cl)c1. The first-order valence-electron chi connectivity index (χ1n) is 19.2. The Morgan fingerprint density at radius 1 is 0.911 bits per heavy atom. The Hall–Kier alpha value is -5.25. The van der Waals surface area contributed by atoms with Gasteiger partial charge < -0.3 is 19.7 Å². The summed E-state index contributed by atoms with van der Waals surface area (Å²) >= 11 is 6.24. The summed E-state index contributed by atoms with van der Waals surface area (Å²) in [5.41, 5.74) is 1.95. The van der Waals surface area contributed by atoms with Gasteiger partial charge in [-0.1, -0.05) is 51.4 Å². The number of carbonyl (C=O) groups is 5. The minimum atomic E-state index is -1.00. The molecule has 0 bridgehead atoms. The number of carbonyl (C=O) groups excluding carboxylic acids is 5. The molecule has 0 radical (unpaired) electrons. The van der Waals surface area contributed by atoms with Gasteiger partial charge in [-0.2, -0.15) is 5.26 Å². The normalized spacial score (nSPS) is 23.1. The average molecular weight is 780 g/mol. The van der Waals surface area contributed by atoms with Gasteiger partial charge in [0.05, 0.1) is 28.3 Å². The fraction of sp³-hybridized carbons (Fsp3) is 0.442. The molecule has 7 rings (SSSR count). The lowest BCUT2D eigenvalue weighted by Crippen LogP contribution is -2.74. The first kappa shape index (κ1) is 39.0. The molecule has 0 spiro atoms. The highest BCUT2D eigenvalue weighted by Gasteiger charge is 2.64. The Labute approximate surface area is 331 Å². The molecule has 3 fully saturated rings. The number of halogens is 1. The molecule has 3 heterocycles. The Balaban J connectivity index is 0.847. The maximum absolute atomic E-state index is 13.4. The highest BCUT2D eigenvalue weighted by Crippen LogP contribution is 2.55. The molecule has 3 aliphatic heterocycles. The van der Waals surface area contributed by atoms with E-state index >= 15 is 0 Å². The van der Waals surface area contributed by atoms with Crippen LogP contribution in [0.5, 0.6) is 11.5 Å². The fourth-order valence-electron chi connectivity index (χ4n) is 9.22. The van der Waals surface area contributed by atoms with Crippen LogP contribution in [-0.2, 0) is 9.59 Å². The zero-order chi connectivity index (χ0) is 39.9. The van der Waals surface area contributed by atoms with Gasteiger partial charge in [0.2, 0.25) is 11.8 Å². The molecule has 1 atom stereocenters. The van der Waals surface area contributed by atoms with E-state index in [1.165, 1.54) is 5.56 Å². The number of nitriles is 1. The highest BCUT2D eigenvalue weighted by atomic mass is 35.5. The number of hydrogen-bond donors (Lipinski definition) is 2. The second kappa shape index (κ2) is 15.4. The predicted octanol–water partition coefficient (Wildman–Crippen LogP) is 5.87. The van der Waals surface area contributed by atoms with Gasteiger partial charge in [-0.05, 0) is 92.7 Å². The highest BCUT2D eigenvalue weighted by molar-refractivity contribution is 6.31. The lowest BCUT2D eigenvalue weighted by molar-refractivity contribution is -0.164. The van der Waals surface area contributed by atoms with E-state index in [0.29, 0.717) is 40.2 Å². The monoisotopic (exact) mass is 779 g/mol. The number of nitrogens with zero attached hydrogens (tertiary/aromatic N) is 3. The number of amides is 5. The fourth-order valence-corrected chi connectivity index (χ4v) is 9.44. The van der Waals surface area contributed by atoms with Crippen molar-refractivity contribution in [3.63, 3.8) is 0 Å². The van der Waals surface area contributed by atoms with E-state index < -0.39 is 29.7 Å². The number of nitrogens with one attached hydrogen (secondary N) is 2. The van der Waals surface area contributed by atoms with Crippen molar-refractivity contribution >= 4 is 41.1 Å². The molecule has 2 N–H and O–H groups in total. The van der Waals surface area contributed by atoms with Crippen LogP contribution < -0.4 is 20.1 Å². The van der Waals surface area contributed by atoms with Crippen molar-refractivity contribution in [2.24, 2.45) is 10.8 Å². The van der Waals surface area contributed by atoms with Crippen molar-refractivity contribution in [1.82, 2.24) is 20.4 Å². The molecule has 1 unspecified atom stereocenters. The largest absolute Gasteiger partial charge is 0.494 e. The summed E-state index contributed by atoms with van der Waals surface area (Å²) in [6.07, 6.45) is 2.80. The van der Waals surface area contributed by atoms with Crippen LogP contribution in [0.15, 0.2) is 60.7 Å². The molecule has 5 amide bonds. The van der Waals surface area contributed by atoms with Crippen LogP contribution in [0.4, 0.5) is 0 Å². The molecule has 3 aromatic carbocycles. The molecule has 3 aromatic rings. The molecule has 13 heteroatoms. The van der Waals surface area contributed by atoms with E-state index in [-0.39, 0.29) is 52.9 Å². The van der Waals surface area contributed by atoms with E-state index in [1.54, 1.807) is 36.4 Å². The Bertz CT molecular complexity index is 2100. The average Bonchev–Trinajstić information content (AvgIpc) is 3.42. The lowest BCUT2D eigenvalue weighted by atomic mass is 9.49. The Morgan fingerprint density at radius 2 is 1.59 bits per heavy atom. The maximum atomic E-state index is 13.4. The summed E-state index contributed by atoms with van der Waals surface area (Å²) in [7, 11) is 0. The van der Waals surface area contributed by atoms with Gasteiger partial charge in [0.15, 0.2) is 0 Å². The third kappa shape index (κ3) is 7.38. The van der Waals surface area contributed by atoms with Crippen molar-refractivity contribution in [2.75, 3.05) is 26.2 Å². The Morgan fingerprint density at radius 3 is 2.25 bits per heavy atom. The number of benzene rings is 3. The zero-order valence-electron chi connectivity index (χ0n) is 32.0. The minimum Gasteiger partial charge on any atom is -0.494 e. The van der Waals surface area contributed by atoms with Crippen molar-refractivity contribution < 1.29 is 33.4 Å². The van der Waals surface area contributed by atoms with Crippen LogP contribution in [0, 0.1) is 22.2 Å². The minimum absolute atomic E-state index is 0.0708. The number of likely N-dealkylation sites (tertiary alicyclic amines) is 1. The Kier molecular flexibility index (Phi) is 10.7. The van der Waals surface area contributed by atoms with E-state index in [0.717, 1.165) is 43.8 Å². The second-order valence-corrected chi connectivity index (χ2v) is 16.8. The van der Waals surface area contributed by atoms with Crippen LogP contribution in [-0.4, -0.2) is 83.8 Å². The summed E-state index contributed by atoms with van der Waals surface area (Å²) in [6, 6.07) is 18.7. The second-order valence-electron chi connectivity index (χ2n) is 16.4. The van der Waals surface area contributed by atoms with E-state index in [1.807, 2.05) is 12.1 Å². The van der Waals surface area contributed by atoms with Crippen LogP contribution in [0.3, 0.4) is 0 Å². The molecular formula is C43H46ClN5O7. The van der Waals surface area contributed by atoms with E-state index in [4.69, 9.17) is 21.1 Å². The zero-order valence-corrected chi connectivity index (χ0v) is 32.8. The van der Waals surface area contributed by atoms with Gasteiger partial charge in [-0.25, -0.2) is 0 Å². The molecule has 56 heavy (non-hydrogen) atoms. The smallest absolute Gasteiger partial charge is 0.262 e. The molecular weight excluding hydrogens is 734 g/mol. The first-order chi connectivity index (χ1) is 26.7. The molecule has 2 saturated heterocycles. The van der Waals surface area contributed by atoms with Gasteiger partial charge in [0.1, 0.15) is 29.7 Å². The van der Waals surface area contributed by atoms with E-state index in [2.05, 4.69) is 61.4 Å². The molecule has 1 saturated carbocycles. The number of fused-ring (bicyclic) bond motifs is 1. The number of ether oxygens (including phenoxy) is 2. The van der Waals surface area contributed by atoms with Gasteiger partial charge in [-0.15, -0.1) is 0 Å². The summed E-state index contributed by atoms with van der Waals surface area (Å²) < 4.78 is 12.3. The summed E-state index contributed by atoms with van der Waals surface area (Å²) in [5.74, 6) is -0.778. The third-order valence-corrected chi connectivity index (χ3v) is 12.3. The van der Waals surface area contributed by atoms with Crippen LogP contribution in [0.1, 0.15) is 108 Å². The predicted molar refractivity (Wildman–Crippen MR) is 207 cm³/mol. The number of rotatable bonds is 11. The summed E-state index contributed by atoms with van der Waals surface area (Å²) in [5, 5.41) is 15.0. The van der Waals surface area contributed by atoms with Crippen molar-refractivity contribution in [1.29, 1.82) is 5.26 Å². The molecule has 0 aromatic heterocycles. The molecule has 292 valence electrons. The number of piperidine rings is 2. The van der Waals surface area contributed by atoms with Crippen molar-refractivity contribution in [3.05, 3.63) is 93.5 Å². The third-order valence-electron chi connectivity index (χ3n) is 12.0. The van der Waals surface area contributed by atoms with Crippen molar-refractivity contribution in [3.8, 4) is 17.6 Å². The summed E-state index contributed by atoms with van der Waals surface area (Å²) in [6.45, 7) is 11.5. The number of hydrogen-bond acceptors (Lipinski definition) is 9. The maximum Gasteiger partial charge on any atom is 0.262 e. The topological polar surface area (TPSA) is 158 Å². The quantitative estimate of drug-likeness (QED) is 0.179. The standard InChI is InChI=1S/C43H46ClN5O7/c1-42(2)40(43(3,4)41(42)56-30-11-10-28(24-45)33(44)23-30)47-36(51)27-8-6-25(7-9-27)26-16-19-48(20-17-26)18-5-21-55-29-12-13-31-32(22-29)39(54)49(38(31)53)34-14-15-35(50)46-37(34)52/h6-13,22-23,26,34,40-41H,5,14-21H2,1-4H3,(H,47,51)(H,46,50,52)/t34?,40-,41-. The van der Waals surface area contributed by atoms with Crippen molar-refractivity contribution in [2.45, 2.75) is 83.9 Å². The van der Waals surface area contributed by atoms with Crippen LogP contribution >= 0.6 is 11.6 Å². The van der Waals surface area contributed by atoms with Gasteiger partial charge in [-0.3, -0.25) is 34.2 Å². The molecule has 1 aliphatic carbocycles. The molecule has 12 nitrogen and oxygen atoms in total. The van der Waals surface area contributed by atoms with Gasteiger partial charge >= 0.3 is 0 Å².